The van der Waals surface area contributed by atoms with Gasteiger partial charge >= 0.3 is 5.97 Å². The van der Waals surface area contributed by atoms with E-state index < -0.39 is 5.97 Å². The third-order valence-electron chi connectivity index (χ3n) is 3.64. The quantitative estimate of drug-likeness (QED) is 0.379. The summed E-state index contributed by atoms with van der Waals surface area (Å²) in [7, 11) is 1.65. The van der Waals surface area contributed by atoms with Crippen molar-refractivity contribution in [3.8, 4) is 11.5 Å². The summed E-state index contributed by atoms with van der Waals surface area (Å²) < 4.78 is 10.2. The highest BCUT2D eigenvalue weighted by atomic mass is 16.6. The maximum atomic E-state index is 10.4. The van der Waals surface area contributed by atoms with Crippen LogP contribution in [-0.2, 0) is 22.5 Å². The molecule has 2 rings (SSSR count). The largest absolute Gasteiger partial charge is 0.497 e. The number of nitrogens with zero attached hydrogens (tertiary/aromatic N) is 1. The summed E-state index contributed by atoms with van der Waals surface area (Å²) in [6.45, 7) is 0.193. The SMILES string of the molecule is COc1ccc(CCON=CCCc2ccc(OCC(=O)O)cc2)cc1. The fourth-order valence-electron chi connectivity index (χ4n) is 2.24. The van der Waals surface area contributed by atoms with Gasteiger partial charge in [-0.1, -0.05) is 29.4 Å². The molecule has 26 heavy (non-hydrogen) atoms. The van der Waals surface area contributed by atoms with Crippen molar-refractivity contribution in [1.29, 1.82) is 0 Å². The maximum Gasteiger partial charge on any atom is 0.341 e. The summed E-state index contributed by atoms with van der Waals surface area (Å²) in [6, 6.07) is 15.2. The van der Waals surface area contributed by atoms with Gasteiger partial charge in [0, 0.05) is 12.6 Å². The molecule has 2 aromatic carbocycles. The van der Waals surface area contributed by atoms with Crippen molar-refractivity contribution in [2.75, 3.05) is 20.3 Å². The Morgan fingerprint density at radius 1 is 1.00 bits per heavy atom. The summed E-state index contributed by atoms with van der Waals surface area (Å²) in [4.78, 5) is 15.7. The Morgan fingerprint density at radius 2 is 1.62 bits per heavy atom. The molecule has 6 heteroatoms. The number of methoxy groups -OCH3 is 1. The Hall–Kier alpha value is -3.02. The highest BCUT2D eigenvalue weighted by Crippen LogP contribution is 2.13. The van der Waals surface area contributed by atoms with Crippen LogP contribution in [0.4, 0.5) is 0 Å². The lowest BCUT2D eigenvalue weighted by molar-refractivity contribution is -0.139. The molecule has 0 heterocycles. The molecule has 0 aromatic heterocycles. The molecule has 0 aliphatic carbocycles. The second-order valence-electron chi connectivity index (χ2n) is 5.58. The van der Waals surface area contributed by atoms with Crippen LogP contribution in [0.5, 0.6) is 11.5 Å². The molecule has 0 radical (unpaired) electrons. The van der Waals surface area contributed by atoms with E-state index >= 15 is 0 Å². The zero-order valence-corrected chi connectivity index (χ0v) is 14.8. The van der Waals surface area contributed by atoms with Gasteiger partial charge in [0.1, 0.15) is 18.1 Å². The third kappa shape index (κ3) is 7.25. The molecule has 0 aliphatic rings. The third-order valence-corrected chi connectivity index (χ3v) is 3.64. The van der Waals surface area contributed by atoms with E-state index in [1.165, 1.54) is 5.56 Å². The minimum absolute atomic E-state index is 0.333. The summed E-state index contributed by atoms with van der Waals surface area (Å²) in [5.41, 5.74) is 2.29. The Labute approximate surface area is 153 Å². The number of carboxylic acids is 1. The molecule has 0 bridgehead atoms. The highest BCUT2D eigenvalue weighted by Gasteiger charge is 1.99. The summed E-state index contributed by atoms with van der Waals surface area (Å²) in [6.07, 6.45) is 4.13. The summed E-state index contributed by atoms with van der Waals surface area (Å²) in [5.74, 6) is 0.401. The highest BCUT2D eigenvalue weighted by molar-refractivity contribution is 5.68. The molecule has 138 valence electrons. The number of oxime groups is 1. The van der Waals surface area contributed by atoms with Crippen LogP contribution >= 0.6 is 0 Å². The number of benzene rings is 2. The van der Waals surface area contributed by atoms with E-state index in [1.54, 1.807) is 25.5 Å². The van der Waals surface area contributed by atoms with Gasteiger partial charge in [0.15, 0.2) is 6.61 Å². The predicted molar refractivity (Wildman–Crippen MR) is 99.0 cm³/mol. The summed E-state index contributed by atoms with van der Waals surface area (Å²) in [5, 5.41) is 12.5. The van der Waals surface area contributed by atoms with E-state index in [4.69, 9.17) is 19.4 Å². The van der Waals surface area contributed by atoms with Crippen LogP contribution in [0, 0.1) is 0 Å². The lowest BCUT2D eigenvalue weighted by Gasteiger charge is -2.04. The normalized spacial score (nSPS) is 10.7. The van der Waals surface area contributed by atoms with Crippen LogP contribution < -0.4 is 9.47 Å². The Kier molecular flexibility index (Phi) is 7.99. The Morgan fingerprint density at radius 3 is 2.23 bits per heavy atom. The minimum Gasteiger partial charge on any atom is -0.497 e. The fourth-order valence-corrected chi connectivity index (χ4v) is 2.24. The van der Waals surface area contributed by atoms with E-state index in [9.17, 15) is 4.79 Å². The van der Waals surface area contributed by atoms with Crippen molar-refractivity contribution in [2.45, 2.75) is 19.3 Å². The number of hydrogen-bond acceptors (Lipinski definition) is 5. The zero-order chi connectivity index (χ0) is 18.6. The van der Waals surface area contributed by atoms with Crippen LogP contribution in [0.1, 0.15) is 17.5 Å². The number of carbonyl (C=O) groups is 1. The number of aryl methyl sites for hydroxylation is 1. The zero-order valence-electron chi connectivity index (χ0n) is 14.8. The van der Waals surface area contributed by atoms with Crippen LogP contribution in [0.25, 0.3) is 0 Å². The van der Waals surface area contributed by atoms with E-state index in [2.05, 4.69) is 5.16 Å². The number of ether oxygens (including phenoxy) is 2. The standard InChI is InChI=1S/C20H23NO5/c1-24-18-8-4-17(5-9-18)12-14-26-21-13-2-3-16-6-10-19(11-7-16)25-15-20(22)23/h4-11,13H,2-3,12,14-15H2,1H3,(H,22,23). The van der Waals surface area contributed by atoms with Gasteiger partial charge in [-0.25, -0.2) is 4.79 Å². The number of carboxylic acid groups (broad SMARTS) is 1. The molecule has 0 unspecified atom stereocenters. The van der Waals surface area contributed by atoms with Gasteiger partial charge < -0.3 is 19.4 Å². The van der Waals surface area contributed by atoms with Crippen LogP contribution in [0.2, 0.25) is 0 Å². The molecular weight excluding hydrogens is 334 g/mol. The van der Waals surface area contributed by atoms with E-state index in [0.29, 0.717) is 12.4 Å². The molecule has 2 aromatic rings. The number of hydrogen-bond donors (Lipinski definition) is 1. The average molecular weight is 357 g/mol. The van der Waals surface area contributed by atoms with Gasteiger partial charge in [-0.2, -0.15) is 0 Å². The second kappa shape index (κ2) is 10.8. The van der Waals surface area contributed by atoms with Gasteiger partial charge in [-0.15, -0.1) is 0 Å². The van der Waals surface area contributed by atoms with Crippen molar-refractivity contribution < 1.29 is 24.2 Å². The predicted octanol–water partition coefficient (Wildman–Crippen LogP) is 3.34. The average Bonchev–Trinajstić information content (AvgIpc) is 2.67. The van der Waals surface area contributed by atoms with E-state index in [1.807, 2.05) is 36.4 Å². The van der Waals surface area contributed by atoms with Crippen molar-refractivity contribution >= 4 is 12.2 Å². The number of aliphatic carboxylic acids is 1. The first-order valence-electron chi connectivity index (χ1n) is 8.37. The van der Waals surface area contributed by atoms with Gasteiger partial charge in [0.25, 0.3) is 0 Å². The molecule has 0 aliphatic heterocycles. The van der Waals surface area contributed by atoms with Gasteiger partial charge in [-0.05, 0) is 48.2 Å². The van der Waals surface area contributed by atoms with Crippen molar-refractivity contribution in [1.82, 2.24) is 0 Å². The molecule has 6 nitrogen and oxygen atoms in total. The van der Waals surface area contributed by atoms with Crippen molar-refractivity contribution in [3.05, 3.63) is 59.7 Å². The number of rotatable bonds is 11. The van der Waals surface area contributed by atoms with Crippen LogP contribution in [-0.4, -0.2) is 37.6 Å². The Bertz CT molecular complexity index is 695. The van der Waals surface area contributed by atoms with Crippen LogP contribution in [0.15, 0.2) is 53.7 Å². The molecule has 0 saturated carbocycles. The van der Waals surface area contributed by atoms with Crippen molar-refractivity contribution in [2.24, 2.45) is 5.16 Å². The molecular formula is C20H23NO5. The van der Waals surface area contributed by atoms with Crippen molar-refractivity contribution in [3.63, 3.8) is 0 Å². The first kappa shape index (κ1) is 19.3. The molecule has 0 saturated heterocycles. The smallest absolute Gasteiger partial charge is 0.341 e. The lowest BCUT2D eigenvalue weighted by Crippen LogP contribution is -2.09. The molecule has 0 atom stereocenters. The molecule has 1 N–H and O–H groups in total. The van der Waals surface area contributed by atoms with Crippen LogP contribution in [0.3, 0.4) is 0 Å². The Balaban J connectivity index is 1.60. The molecule has 0 spiro atoms. The first-order chi connectivity index (χ1) is 12.7. The lowest BCUT2D eigenvalue weighted by atomic mass is 10.1. The monoisotopic (exact) mass is 357 g/mol. The van der Waals surface area contributed by atoms with E-state index in [0.717, 1.165) is 30.6 Å². The maximum absolute atomic E-state index is 10.4. The first-order valence-corrected chi connectivity index (χ1v) is 8.37. The van der Waals surface area contributed by atoms with Gasteiger partial charge in [-0.3, -0.25) is 0 Å². The van der Waals surface area contributed by atoms with Gasteiger partial charge in [0.05, 0.1) is 7.11 Å². The topological polar surface area (TPSA) is 77.3 Å². The second-order valence-corrected chi connectivity index (χ2v) is 5.58. The molecule has 0 amide bonds. The van der Waals surface area contributed by atoms with Gasteiger partial charge in [0.2, 0.25) is 0 Å². The minimum atomic E-state index is -0.989. The fraction of sp³-hybridized carbons (Fsp3) is 0.300. The summed E-state index contributed by atoms with van der Waals surface area (Å²) >= 11 is 0. The van der Waals surface area contributed by atoms with E-state index in [-0.39, 0.29) is 6.61 Å². The molecule has 0 fully saturated rings.